The van der Waals surface area contributed by atoms with Crippen LogP contribution in [0.15, 0.2) is 30.6 Å². The van der Waals surface area contributed by atoms with Crippen LogP contribution in [0.1, 0.15) is 5.56 Å². The van der Waals surface area contributed by atoms with Crippen LogP contribution < -0.4 is 0 Å². The quantitative estimate of drug-likeness (QED) is 0.825. The second kappa shape index (κ2) is 5.04. The third-order valence-corrected chi connectivity index (χ3v) is 2.19. The smallest absolute Gasteiger partial charge is 0.195 e. The van der Waals surface area contributed by atoms with Gasteiger partial charge in [0.1, 0.15) is 12.1 Å². The lowest BCUT2D eigenvalue weighted by molar-refractivity contribution is 0.623. The minimum absolute atomic E-state index is 0. The predicted octanol–water partition coefficient (Wildman–Crippen LogP) is 2.55. The van der Waals surface area contributed by atoms with Gasteiger partial charge in [-0.3, -0.25) is 5.10 Å². The highest BCUT2D eigenvalue weighted by Gasteiger charge is 1.97. The number of H-pyrrole nitrogens is 1. The van der Waals surface area contributed by atoms with Crippen LogP contribution in [0.4, 0.5) is 4.39 Å². The number of hydrogen-bond acceptors (Lipinski definition) is 2. The molecule has 0 spiro atoms. The molecule has 1 N–H and O–H groups in total. The first kappa shape index (κ1) is 11.9. The van der Waals surface area contributed by atoms with Gasteiger partial charge in [-0.25, -0.2) is 4.39 Å². The minimum atomic E-state index is -0.238. The number of halogens is 2. The van der Waals surface area contributed by atoms with Crippen LogP contribution in [0.2, 0.25) is 0 Å². The molecule has 2 aromatic rings. The molecule has 0 saturated heterocycles. The topological polar surface area (TPSA) is 33.6 Å². The lowest BCUT2D eigenvalue weighted by Crippen LogP contribution is -1.98. The van der Waals surface area contributed by atoms with Gasteiger partial charge in [0.05, 0.1) is 6.54 Å². The summed E-state index contributed by atoms with van der Waals surface area (Å²) < 4.78 is 15.1. The molecule has 1 heterocycles. The summed E-state index contributed by atoms with van der Waals surface area (Å²) >= 11 is 4.97. The van der Waals surface area contributed by atoms with Crippen LogP contribution in [0.3, 0.4) is 0 Å². The normalized spacial score (nSPS) is 9.67. The van der Waals surface area contributed by atoms with Crippen molar-refractivity contribution in [3.8, 4) is 0 Å². The van der Waals surface area contributed by atoms with E-state index in [9.17, 15) is 4.39 Å². The Labute approximate surface area is 97.4 Å². The van der Waals surface area contributed by atoms with Gasteiger partial charge in [-0.2, -0.15) is 5.10 Å². The average molecular weight is 246 g/mol. The van der Waals surface area contributed by atoms with E-state index < -0.39 is 0 Å². The Morgan fingerprint density at radius 3 is 2.87 bits per heavy atom. The SMILES string of the molecule is Cl.Fc1cccc(Cn2cn[nH]c2=S)c1. The zero-order valence-corrected chi connectivity index (χ0v) is 9.32. The first-order valence-corrected chi connectivity index (χ1v) is 4.51. The maximum atomic E-state index is 12.8. The van der Waals surface area contributed by atoms with Gasteiger partial charge in [0.25, 0.3) is 0 Å². The lowest BCUT2D eigenvalue weighted by atomic mass is 10.2. The van der Waals surface area contributed by atoms with E-state index in [0.717, 1.165) is 5.56 Å². The van der Waals surface area contributed by atoms with E-state index in [1.54, 1.807) is 17.0 Å². The molecule has 15 heavy (non-hydrogen) atoms. The molecule has 80 valence electrons. The highest BCUT2D eigenvalue weighted by Crippen LogP contribution is 2.05. The number of aromatic nitrogens is 3. The minimum Gasteiger partial charge on any atom is -0.302 e. The Bertz CT molecular complexity index is 494. The van der Waals surface area contributed by atoms with Crippen molar-refractivity contribution < 1.29 is 4.39 Å². The number of nitrogens with one attached hydrogen (secondary N) is 1. The Kier molecular flexibility index (Phi) is 3.99. The van der Waals surface area contributed by atoms with Crippen LogP contribution in [-0.4, -0.2) is 14.8 Å². The zero-order chi connectivity index (χ0) is 9.97. The first-order chi connectivity index (χ1) is 6.75. The van der Waals surface area contributed by atoms with Crippen LogP contribution in [0, 0.1) is 10.6 Å². The fraction of sp³-hybridized carbons (Fsp3) is 0.111. The molecule has 0 aliphatic carbocycles. The van der Waals surface area contributed by atoms with Crippen molar-refractivity contribution in [2.24, 2.45) is 0 Å². The molecule has 0 atom stereocenters. The number of hydrogen-bond donors (Lipinski definition) is 1. The molecule has 1 aromatic carbocycles. The van der Waals surface area contributed by atoms with Crippen molar-refractivity contribution in [3.05, 3.63) is 46.7 Å². The van der Waals surface area contributed by atoms with Crippen LogP contribution in [-0.2, 0) is 6.54 Å². The molecule has 2 rings (SSSR count). The van der Waals surface area contributed by atoms with E-state index in [-0.39, 0.29) is 18.2 Å². The molecule has 3 nitrogen and oxygen atoms in total. The largest absolute Gasteiger partial charge is 0.302 e. The van der Waals surface area contributed by atoms with Gasteiger partial charge in [0.15, 0.2) is 4.77 Å². The molecule has 0 aliphatic heterocycles. The molecule has 0 aliphatic rings. The summed E-state index contributed by atoms with van der Waals surface area (Å²) in [5, 5.41) is 6.42. The van der Waals surface area contributed by atoms with Crippen LogP contribution in [0.5, 0.6) is 0 Å². The summed E-state index contributed by atoms with van der Waals surface area (Å²) in [4.78, 5) is 0. The van der Waals surface area contributed by atoms with Crippen LogP contribution in [0.25, 0.3) is 0 Å². The van der Waals surface area contributed by atoms with Crippen molar-refractivity contribution in [2.45, 2.75) is 6.54 Å². The van der Waals surface area contributed by atoms with E-state index in [0.29, 0.717) is 11.3 Å². The Morgan fingerprint density at radius 2 is 2.27 bits per heavy atom. The van der Waals surface area contributed by atoms with Gasteiger partial charge in [-0.1, -0.05) is 12.1 Å². The van der Waals surface area contributed by atoms with Crippen molar-refractivity contribution >= 4 is 24.6 Å². The molecule has 0 unspecified atom stereocenters. The molecule has 0 fully saturated rings. The average Bonchev–Trinajstić information content (AvgIpc) is 2.52. The highest BCUT2D eigenvalue weighted by molar-refractivity contribution is 7.71. The molecular weight excluding hydrogens is 237 g/mol. The van der Waals surface area contributed by atoms with Crippen molar-refractivity contribution in [1.29, 1.82) is 0 Å². The Morgan fingerprint density at radius 1 is 1.47 bits per heavy atom. The van der Waals surface area contributed by atoms with Gasteiger partial charge >= 0.3 is 0 Å². The molecule has 0 bridgehead atoms. The fourth-order valence-corrected chi connectivity index (χ4v) is 1.38. The molecule has 0 radical (unpaired) electrons. The highest BCUT2D eigenvalue weighted by atomic mass is 35.5. The Hall–Kier alpha value is -1.20. The second-order valence-electron chi connectivity index (χ2n) is 2.92. The monoisotopic (exact) mass is 245 g/mol. The van der Waals surface area contributed by atoms with Gasteiger partial charge in [0, 0.05) is 0 Å². The number of benzene rings is 1. The number of rotatable bonds is 2. The molecule has 6 heteroatoms. The van der Waals surface area contributed by atoms with Crippen molar-refractivity contribution in [1.82, 2.24) is 14.8 Å². The molecular formula is C9H9ClFN3S. The predicted molar refractivity (Wildman–Crippen MR) is 60.2 cm³/mol. The van der Waals surface area contributed by atoms with E-state index in [1.165, 1.54) is 12.1 Å². The van der Waals surface area contributed by atoms with Crippen molar-refractivity contribution in [2.75, 3.05) is 0 Å². The summed E-state index contributed by atoms with van der Waals surface area (Å²) in [5.74, 6) is -0.238. The Balaban J connectivity index is 0.00000112. The summed E-state index contributed by atoms with van der Waals surface area (Å²) in [6, 6.07) is 6.42. The second-order valence-corrected chi connectivity index (χ2v) is 3.31. The van der Waals surface area contributed by atoms with Crippen molar-refractivity contribution in [3.63, 3.8) is 0 Å². The standard InChI is InChI=1S/C9H8FN3S.ClH/c10-8-3-1-2-7(4-8)5-13-6-11-12-9(13)14;/h1-4,6H,5H2,(H,12,14);1H. The summed E-state index contributed by atoms with van der Waals surface area (Å²) in [6.07, 6.45) is 1.59. The van der Waals surface area contributed by atoms with Gasteiger partial charge in [-0.15, -0.1) is 12.4 Å². The first-order valence-electron chi connectivity index (χ1n) is 4.10. The summed E-state index contributed by atoms with van der Waals surface area (Å²) in [7, 11) is 0. The van der Waals surface area contributed by atoms with E-state index in [1.807, 2.05) is 6.07 Å². The summed E-state index contributed by atoms with van der Waals surface area (Å²) in [6.45, 7) is 0.535. The maximum Gasteiger partial charge on any atom is 0.195 e. The third-order valence-electron chi connectivity index (χ3n) is 1.86. The maximum absolute atomic E-state index is 12.8. The third kappa shape index (κ3) is 2.87. The molecule has 0 saturated carbocycles. The van der Waals surface area contributed by atoms with E-state index >= 15 is 0 Å². The number of nitrogens with zero attached hydrogens (tertiary/aromatic N) is 2. The summed E-state index contributed by atoms with van der Waals surface area (Å²) in [5.41, 5.74) is 0.863. The van der Waals surface area contributed by atoms with Gasteiger partial charge < -0.3 is 4.57 Å². The van der Waals surface area contributed by atoms with Gasteiger partial charge in [-0.05, 0) is 29.9 Å². The van der Waals surface area contributed by atoms with E-state index in [4.69, 9.17) is 12.2 Å². The van der Waals surface area contributed by atoms with Crippen LogP contribution >= 0.6 is 24.6 Å². The zero-order valence-electron chi connectivity index (χ0n) is 7.68. The van der Waals surface area contributed by atoms with E-state index in [2.05, 4.69) is 10.2 Å². The molecule has 0 amide bonds. The molecule has 1 aromatic heterocycles. The number of aromatic amines is 1. The fourth-order valence-electron chi connectivity index (χ4n) is 1.22. The van der Waals surface area contributed by atoms with Gasteiger partial charge in [0.2, 0.25) is 0 Å². The lowest BCUT2D eigenvalue weighted by Gasteiger charge is -2.01.